The van der Waals surface area contributed by atoms with E-state index in [1.807, 2.05) is 29.2 Å². The third kappa shape index (κ3) is 5.05. The Kier molecular flexibility index (Phi) is 5.62. The smallest absolute Gasteiger partial charge is 0.260 e. The van der Waals surface area contributed by atoms with Crippen molar-refractivity contribution in [1.82, 2.24) is 4.90 Å². The maximum Gasteiger partial charge on any atom is 0.260 e. The van der Waals surface area contributed by atoms with E-state index in [9.17, 15) is 4.79 Å². The lowest BCUT2D eigenvalue weighted by molar-refractivity contribution is -0.134. The molecule has 0 radical (unpaired) electrons. The summed E-state index contributed by atoms with van der Waals surface area (Å²) in [6.45, 7) is 5.85. The summed E-state index contributed by atoms with van der Waals surface area (Å²) < 4.78 is 5.60. The van der Waals surface area contributed by atoms with E-state index in [2.05, 4.69) is 13.8 Å². The summed E-state index contributed by atoms with van der Waals surface area (Å²) in [6, 6.07) is 8.03. The zero-order chi connectivity index (χ0) is 15.2. The van der Waals surface area contributed by atoms with Gasteiger partial charge in [0, 0.05) is 19.1 Å². The summed E-state index contributed by atoms with van der Waals surface area (Å²) >= 11 is 0. The largest absolute Gasteiger partial charge is 0.484 e. The molecule has 4 heteroatoms. The van der Waals surface area contributed by atoms with Gasteiger partial charge in [0.15, 0.2) is 6.61 Å². The topological polar surface area (TPSA) is 55.6 Å². The van der Waals surface area contributed by atoms with E-state index < -0.39 is 0 Å². The Hall–Kier alpha value is -1.55. The molecule has 0 bridgehead atoms. The summed E-state index contributed by atoms with van der Waals surface area (Å²) in [5.74, 6) is 1.44. The van der Waals surface area contributed by atoms with Crippen LogP contribution in [0.1, 0.15) is 38.7 Å². The molecular weight excluding hydrogens is 264 g/mol. The van der Waals surface area contributed by atoms with E-state index in [0.29, 0.717) is 18.5 Å². The predicted molar refractivity (Wildman–Crippen MR) is 84.0 cm³/mol. The molecule has 0 aliphatic heterocycles. The van der Waals surface area contributed by atoms with Crippen LogP contribution >= 0.6 is 0 Å². The minimum Gasteiger partial charge on any atom is -0.484 e. The van der Waals surface area contributed by atoms with Gasteiger partial charge >= 0.3 is 0 Å². The minimum atomic E-state index is 0.0982. The maximum atomic E-state index is 12.3. The fourth-order valence-electron chi connectivity index (χ4n) is 2.24. The Morgan fingerprint density at radius 1 is 1.33 bits per heavy atom. The molecule has 21 heavy (non-hydrogen) atoms. The minimum absolute atomic E-state index is 0.0982. The van der Waals surface area contributed by atoms with Crippen LogP contribution < -0.4 is 10.5 Å². The Morgan fingerprint density at radius 2 is 2.00 bits per heavy atom. The van der Waals surface area contributed by atoms with Gasteiger partial charge in [0.05, 0.1) is 0 Å². The molecule has 1 aliphatic carbocycles. The lowest BCUT2D eigenvalue weighted by atomic mass is 10.1. The van der Waals surface area contributed by atoms with Crippen LogP contribution in [-0.4, -0.2) is 30.0 Å². The molecule has 2 rings (SSSR count). The zero-order valence-corrected chi connectivity index (χ0v) is 13.0. The van der Waals surface area contributed by atoms with Crippen molar-refractivity contribution in [3.63, 3.8) is 0 Å². The maximum absolute atomic E-state index is 12.3. The number of hydrogen-bond acceptors (Lipinski definition) is 3. The van der Waals surface area contributed by atoms with Crippen LogP contribution in [-0.2, 0) is 11.3 Å². The van der Waals surface area contributed by atoms with Gasteiger partial charge in [-0.1, -0.05) is 26.0 Å². The molecule has 1 amide bonds. The molecule has 0 spiro atoms. The normalized spacial score (nSPS) is 14.3. The van der Waals surface area contributed by atoms with Crippen molar-refractivity contribution < 1.29 is 9.53 Å². The van der Waals surface area contributed by atoms with Crippen LogP contribution in [0, 0.1) is 5.92 Å². The van der Waals surface area contributed by atoms with Crippen molar-refractivity contribution in [2.24, 2.45) is 11.7 Å². The van der Waals surface area contributed by atoms with Crippen molar-refractivity contribution in [1.29, 1.82) is 0 Å². The zero-order valence-electron chi connectivity index (χ0n) is 13.0. The molecule has 2 N–H and O–H groups in total. The molecule has 0 unspecified atom stereocenters. The molecule has 1 fully saturated rings. The van der Waals surface area contributed by atoms with Crippen LogP contribution in [0.5, 0.6) is 5.75 Å². The summed E-state index contributed by atoms with van der Waals surface area (Å²) in [7, 11) is 0. The number of nitrogens with two attached hydrogens (primary N) is 1. The van der Waals surface area contributed by atoms with Gasteiger partial charge in [0.2, 0.25) is 0 Å². The van der Waals surface area contributed by atoms with Crippen LogP contribution in [0.3, 0.4) is 0 Å². The van der Waals surface area contributed by atoms with Crippen LogP contribution in [0.2, 0.25) is 0 Å². The first-order valence-corrected chi connectivity index (χ1v) is 7.81. The Balaban J connectivity index is 1.83. The highest BCUT2D eigenvalue weighted by molar-refractivity contribution is 5.78. The molecule has 1 saturated carbocycles. The molecule has 116 valence electrons. The molecular formula is C17H26N2O2. The molecule has 4 nitrogen and oxygen atoms in total. The van der Waals surface area contributed by atoms with E-state index in [1.54, 1.807) is 0 Å². The second kappa shape index (κ2) is 7.46. The van der Waals surface area contributed by atoms with Gasteiger partial charge in [-0.3, -0.25) is 4.79 Å². The number of amides is 1. The second-order valence-electron chi connectivity index (χ2n) is 6.14. The quantitative estimate of drug-likeness (QED) is 0.800. The highest BCUT2D eigenvalue weighted by Crippen LogP contribution is 2.27. The third-order valence-corrected chi connectivity index (χ3v) is 3.78. The number of nitrogens with zero attached hydrogens (tertiary/aromatic N) is 1. The van der Waals surface area contributed by atoms with Crippen molar-refractivity contribution >= 4 is 5.91 Å². The average molecular weight is 290 g/mol. The first kappa shape index (κ1) is 15.8. The Labute approximate surface area is 127 Å². The number of rotatable bonds is 8. The van der Waals surface area contributed by atoms with Crippen LogP contribution in [0.4, 0.5) is 0 Å². The first-order chi connectivity index (χ1) is 10.1. The van der Waals surface area contributed by atoms with Gasteiger partial charge in [0.1, 0.15) is 5.75 Å². The summed E-state index contributed by atoms with van der Waals surface area (Å²) in [4.78, 5) is 14.3. The lowest BCUT2D eigenvalue weighted by Gasteiger charge is -2.23. The van der Waals surface area contributed by atoms with Gasteiger partial charge in [0.25, 0.3) is 5.91 Å². The number of benzene rings is 1. The van der Waals surface area contributed by atoms with E-state index in [0.717, 1.165) is 37.1 Å². The monoisotopic (exact) mass is 290 g/mol. The van der Waals surface area contributed by atoms with Crippen LogP contribution in [0.15, 0.2) is 24.3 Å². The van der Waals surface area contributed by atoms with E-state index >= 15 is 0 Å². The molecule has 0 aromatic heterocycles. The fraction of sp³-hybridized carbons (Fsp3) is 0.588. The standard InChI is InChI=1S/C17H26N2O2/c1-13(2)9-10-19(15-5-6-15)17(20)12-21-16-7-3-14(11-18)4-8-16/h3-4,7-8,13,15H,5-6,9-12,18H2,1-2H3. The van der Waals surface area contributed by atoms with E-state index in [4.69, 9.17) is 10.5 Å². The van der Waals surface area contributed by atoms with Gasteiger partial charge in [-0.25, -0.2) is 0 Å². The highest BCUT2D eigenvalue weighted by Gasteiger charge is 2.32. The molecule has 1 aromatic rings. The first-order valence-electron chi connectivity index (χ1n) is 7.81. The summed E-state index contributed by atoms with van der Waals surface area (Å²) in [6.07, 6.45) is 3.32. The van der Waals surface area contributed by atoms with Crippen molar-refractivity contribution in [3.8, 4) is 5.75 Å². The average Bonchev–Trinajstić information content (AvgIpc) is 3.30. The van der Waals surface area contributed by atoms with Gasteiger partial charge in [-0.05, 0) is 42.9 Å². The Morgan fingerprint density at radius 3 is 2.52 bits per heavy atom. The predicted octanol–water partition coefficient (Wildman–Crippen LogP) is 2.56. The van der Waals surface area contributed by atoms with Gasteiger partial charge in [-0.15, -0.1) is 0 Å². The summed E-state index contributed by atoms with van der Waals surface area (Å²) in [5.41, 5.74) is 6.62. The number of carbonyl (C=O) groups excluding carboxylic acids is 1. The van der Waals surface area contributed by atoms with Gasteiger partial charge in [-0.2, -0.15) is 0 Å². The van der Waals surface area contributed by atoms with Crippen molar-refractivity contribution in [2.45, 2.75) is 45.7 Å². The molecule has 1 aliphatic rings. The van der Waals surface area contributed by atoms with Crippen molar-refractivity contribution in [3.05, 3.63) is 29.8 Å². The van der Waals surface area contributed by atoms with Crippen LogP contribution in [0.25, 0.3) is 0 Å². The third-order valence-electron chi connectivity index (χ3n) is 3.78. The second-order valence-corrected chi connectivity index (χ2v) is 6.14. The molecule has 0 heterocycles. The number of hydrogen-bond donors (Lipinski definition) is 1. The Bertz CT molecular complexity index is 452. The SMILES string of the molecule is CC(C)CCN(C(=O)COc1ccc(CN)cc1)C1CC1. The van der Waals surface area contributed by atoms with Gasteiger partial charge < -0.3 is 15.4 Å². The number of ether oxygens (including phenoxy) is 1. The molecule has 0 atom stereocenters. The molecule has 0 saturated heterocycles. The molecule has 1 aromatic carbocycles. The number of carbonyl (C=O) groups is 1. The van der Waals surface area contributed by atoms with E-state index in [-0.39, 0.29) is 12.5 Å². The van der Waals surface area contributed by atoms with E-state index in [1.165, 1.54) is 0 Å². The summed E-state index contributed by atoms with van der Waals surface area (Å²) in [5, 5.41) is 0. The lowest BCUT2D eigenvalue weighted by Crippen LogP contribution is -2.37. The fourth-order valence-corrected chi connectivity index (χ4v) is 2.24. The van der Waals surface area contributed by atoms with Crippen molar-refractivity contribution in [2.75, 3.05) is 13.2 Å². The highest BCUT2D eigenvalue weighted by atomic mass is 16.5.